The van der Waals surface area contributed by atoms with Crippen LogP contribution < -0.4 is 9.80 Å². The van der Waals surface area contributed by atoms with Crippen LogP contribution in [0.5, 0.6) is 0 Å². The lowest BCUT2D eigenvalue weighted by Crippen LogP contribution is -2.37. The highest BCUT2D eigenvalue weighted by atomic mass is 16.2. The molecule has 0 fully saturated rings. The van der Waals surface area contributed by atoms with Crippen molar-refractivity contribution in [3.05, 3.63) is 60.2 Å². The van der Waals surface area contributed by atoms with E-state index in [1.807, 2.05) is 61.5 Å². The van der Waals surface area contributed by atoms with Crippen molar-refractivity contribution in [3.8, 4) is 0 Å². The molecular formula is C19H20N2O2. The second kappa shape index (κ2) is 6.24. The van der Waals surface area contributed by atoms with Crippen LogP contribution in [0.4, 0.5) is 11.4 Å². The Morgan fingerprint density at radius 1 is 1.04 bits per heavy atom. The van der Waals surface area contributed by atoms with E-state index in [1.54, 1.807) is 16.7 Å². The SMILES string of the molecule is CC(=O)N1c2ccccc2N(Cc2ccccc2)C(=O)CC1C. The molecule has 4 nitrogen and oxygen atoms in total. The minimum Gasteiger partial charge on any atom is -0.307 e. The van der Waals surface area contributed by atoms with Gasteiger partial charge in [-0.25, -0.2) is 0 Å². The monoisotopic (exact) mass is 308 g/mol. The van der Waals surface area contributed by atoms with E-state index in [-0.39, 0.29) is 17.9 Å². The zero-order valence-corrected chi connectivity index (χ0v) is 13.4. The van der Waals surface area contributed by atoms with E-state index in [1.165, 1.54) is 0 Å². The highest BCUT2D eigenvalue weighted by molar-refractivity contribution is 6.04. The van der Waals surface area contributed by atoms with Gasteiger partial charge in [0.2, 0.25) is 11.8 Å². The molecule has 0 saturated carbocycles. The van der Waals surface area contributed by atoms with Crippen LogP contribution >= 0.6 is 0 Å². The highest BCUT2D eigenvalue weighted by Crippen LogP contribution is 2.35. The molecule has 2 aromatic carbocycles. The molecule has 1 aliphatic rings. The topological polar surface area (TPSA) is 40.6 Å². The Morgan fingerprint density at radius 3 is 2.30 bits per heavy atom. The quantitative estimate of drug-likeness (QED) is 0.853. The van der Waals surface area contributed by atoms with Crippen molar-refractivity contribution in [1.29, 1.82) is 0 Å². The van der Waals surface area contributed by atoms with Crippen LogP contribution in [-0.4, -0.2) is 17.9 Å². The molecule has 23 heavy (non-hydrogen) atoms. The molecule has 3 rings (SSSR count). The van der Waals surface area contributed by atoms with Crippen LogP contribution in [0.15, 0.2) is 54.6 Å². The number of fused-ring (bicyclic) bond motifs is 1. The fourth-order valence-electron chi connectivity index (χ4n) is 3.14. The average Bonchev–Trinajstić information content (AvgIpc) is 2.63. The van der Waals surface area contributed by atoms with Gasteiger partial charge in [-0.15, -0.1) is 0 Å². The van der Waals surface area contributed by atoms with Crippen molar-refractivity contribution in [2.45, 2.75) is 32.9 Å². The number of carbonyl (C=O) groups excluding carboxylic acids is 2. The number of para-hydroxylation sites is 2. The zero-order valence-electron chi connectivity index (χ0n) is 13.4. The molecule has 0 bridgehead atoms. The molecule has 1 heterocycles. The third-order valence-corrected chi connectivity index (χ3v) is 4.17. The Kier molecular flexibility index (Phi) is 4.15. The Labute approximate surface area is 136 Å². The highest BCUT2D eigenvalue weighted by Gasteiger charge is 2.32. The van der Waals surface area contributed by atoms with Crippen LogP contribution in [0, 0.1) is 0 Å². The Hall–Kier alpha value is -2.62. The number of carbonyl (C=O) groups is 2. The van der Waals surface area contributed by atoms with Gasteiger partial charge in [0.15, 0.2) is 0 Å². The van der Waals surface area contributed by atoms with Gasteiger partial charge in [-0.2, -0.15) is 0 Å². The molecule has 0 N–H and O–H groups in total. The number of nitrogens with zero attached hydrogens (tertiary/aromatic N) is 2. The van der Waals surface area contributed by atoms with Crippen molar-refractivity contribution in [2.75, 3.05) is 9.80 Å². The fraction of sp³-hybridized carbons (Fsp3) is 0.263. The van der Waals surface area contributed by atoms with Gasteiger partial charge in [-0.1, -0.05) is 42.5 Å². The smallest absolute Gasteiger partial charge is 0.229 e. The molecule has 1 atom stereocenters. The average molecular weight is 308 g/mol. The van der Waals surface area contributed by atoms with Gasteiger partial charge < -0.3 is 9.80 Å². The summed E-state index contributed by atoms with van der Waals surface area (Å²) in [5, 5.41) is 0. The summed E-state index contributed by atoms with van der Waals surface area (Å²) in [6.45, 7) is 3.97. The van der Waals surface area contributed by atoms with Crippen molar-refractivity contribution in [3.63, 3.8) is 0 Å². The summed E-state index contributed by atoms with van der Waals surface area (Å²) in [5.41, 5.74) is 2.66. The molecule has 118 valence electrons. The van der Waals surface area contributed by atoms with Crippen molar-refractivity contribution in [2.24, 2.45) is 0 Å². The number of rotatable bonds is 2. The second-order valence-corrected chi connectivity index (χ2v) is 5.90. The largest absolute Gasteiger partial charge is 0.307 e. The first-order valence-electron chi connectivity index (χ1n) is 7.81. The summed E-state index contributed by atoms with van der Waals surface area (Å²) in [6, 6.07) is 17.4. The lowest BCUT2D eigenvalue weighted by Gasteiger charge is -2.27. The first-order chi connectivity index (χ1) is 11.1. The molecule has 0 saturated heterocycles. The predicted molar refractivity (Wildman–Crippen MR) is 91.3 cm³/mol. The number of benzene rings is 2. The summed E-state index contributed by atoms with van der Waals surface area (Å²) in [4.78, 5) is 28.3. The summed E-state index contributed by atoms with van der Waals surface area (Å²) in [5.74, 6) is -0.00290. The van der Waals surface area contributed by atoms with Gasteiger partial charge in [0.1, 0.15) is 0 Å². The van der Waals surface area contributed by atoms with Crippen LogP contribution in [0.1, 0.15) is 25.8 Å². The maximum absolute atomic E-state index is 12.7. The minimum absolute atomic E-state index is 0.0394. The second-order valence-electron chi connectivity index (χ2n) is 5.90. The molecule has 0 aliphatic carbocycles. The standard InChI is InChI=1S/C19H20N2O2/c1-14-12-19(23)20(13-16-8-4-3-5-9-16)17-10-6-7-11-18(17)21(14)15(2)22/h3-11,14H,12-13H2,1-2H3. The zero-order chi connectivity index (χ0) is 16.4. The van der Waals surface area contributed by atoms with Gasteiger partial charge >= 0.3 is 0 Å². The lowest BCUT2D eigenvalue weighted by molar-refractivity contribution is -0.119. The van der Waals surface area contributed by atoms with E-state index in [0.717, 1.165) is 16.9 Å². The number of anilines is 2. The van der Waals surface area contributed by atoms with Crippen LogP contribution in [0.2, 0.25) is 0 Å². The first-order valence-corrected chi connectivity index (χ1v) is 7.81. The summed E-state index contributed by atoms with van der Waals surface area (Å²) < 4.78 is 0. The third-order valence-electron chi connectivity index (χ3n) is 4.17. The van der Waals surface area contributed by atoms with E-state index < -0.39 is 0 Å². The fourth-order valence-corrected chi connectivity index (χ4v) is 3.14. The first kappa shape index (κ1) is 15.3. The van der Waals surface area contributed by atoms with Crippen LogP contribution in [0.3, 0.4) is 0 Å². The maximum atomic E-state index is 12.7. The summed E-state index contributed by atoms with van der Waals surface area (Å²) in [6.07, 6.45) is 0.321. The molecule has 0 radical (unpaired) electrons. The molecule has 1 aliphatic heterocycles. The molecule has 2 amide bonds. The van der Waals surface area contributed by atoms with Crippen molar-refractivity contribution in [1.82, 2.24) is 0 Å². The summed E-state index contributed by atoms with van der Waals surface area (Å²) in [7, 11) is 0. The van der Waals surface area contributed by atoms with E-state index in [4.69, 9.17) is 0 Å². The number of hydrogen-bond acceptors (Lipinski definition) is 2. The molecule has 4 heteroatoms. The lowest BCUT2D eigenvalue weighted by atomic mass is 10.1. The molecule has 0 aromatic heterocycles. The molecule has 2 aromatic rings. The summed E-state index contributed by atoms with van der Waals surface area (Å²) >= 11 is 0. The Morgan fingerprint density at radius 2 is 1.65 bits per heavy atom. The Balaban J connectivity index is 2.06. The third kappa shape index (κ3) is 2.97. The van der Waals surface area contributed by atoms with Gasteiger partial charge in [0.05, 0.1) is 17.9 Å². The molecule has 1 unspecified atom stereocenters. The van der Waals surface area contributed by atoms with E-state index in [9.17, 15) is 9.59 Å². The Bertz CT molecular complexity index is 727. The van der Waals surface area contributed by atoms with Crippen molar-refractivity contribution < 1.29 is 9.59 Å². The predicted octanol–water partition coefficient (Wildman–Crippen LogP) is 3.36. The van der Waals surface area contributed by atoms with Crippen molar-refractivity contribution >= 4 is 23.2 Å². The van der Waals surface area contributed by atoms with E-state index in [2.05, 4.69) is 0 Å². The van der Waals surface area contributed by atoms with Gasteiger partial charge in [-0.05, 0) is 24.6 Å². The number of amides is 2. The normalized spacial score (nSPS) is 17.7. The van der Waals surface area contributed by atoms with Crippen LogP contribution in [-0.2, 0) is 16.1 Å². The van der Waals surface area contributed by atoms with E-state index in [0.29, 0.717) is 13.0 Å². The van der Waals surface area contributed by atoms with Crippen LogP contribution in [0.25, 0.3) is 0 Å². The van der Waals surface area contributed by atoms with Gasteiger partial charge in [-0.3, -0.25) is 9.59 Å². The van der Waals surface area contributed by atoms with Gasteiger partial charge in [0.25, 0.3) is 0 Å². The minimum atomic E-state index is -0.151. The number of hydrogen-bond donors (Lipinski definition) is 0. The molecular weight excluding hydrogens is 288 g/mol. The molecule has 0 spiro atoms. The maximum Gasteiger partial charge on any atom is 0.229 e. The van der Waals surface area contributed by atoms with Gasteiger partial charge in [0, 0.05) is 19.4 Å². The van der Waals surface area contributed by atoms with E-state index >= 15 is 0 Å².